The summed E-state index contributed by atoms with van der Waals surface area (Å²) in [5.74, 6) is 1.42. The molecule has 1 aromatic rings. The molecule has 2 saturated carbocycles. The van der Waals surface area contributed by atoms with Gasteiger partial charge in [0.2, 0.25) is 5.91 Å². The average Bonchev–Trinajstić information content (AvgIpc) is 2.62. The number of carbonyl (C=O) groups excluding carboxylic acids is 2. The van der Waals surface area contributed by atoms with Crippen molar-refractivity contribution in [2.75, 3.05) is 14.2 Å². The molecule has 1 N–H and O–H groups in total. The molecule has 1 atom stereocenters. The maximum atomic E-state index is 12.6. The lowest BCUT2D eigenvalue weighted by atomic mass is 9.73. The van der Waals surface area contributed by atoms with Crippen molar-refractivity contribution < 1.29 is 14.3 Å². The van der Waals surface area contributed by atoms with Crippen molar-refractivity contribution in [3.8, 4) is 0 Å². The first-order valence-electron chi connectivity index (χ1n) is 10.1. The summed E-state index contributed by atoms with van der Waals surface area (Å²) in [5, 5.41) is 2.76. The zero-order valence-electron chi connectivity index (χ0n) is 16.9. The molecule has 0 radical (unpaired) electrons. The second kappa shape index (κ2) is 8.32. The number of hydrogen-bond donors (Lipinski definition) is 1. The van der Waals surface area contributed by atoms with Crippen molar-refractivity contribution >= 4 is 12.0 Å². The standard InChI is InChI=1S/C22H32N2O3/c1-5-14(2)15-6-8-16(9-7-15)17-12-20(13-17)24(3)21(25)18-10-19(11-18)23-22(26)27-4/h6-9,14,17-20H,5,10-13H2,1-4H3,(H,23,26). The summed E-state index contributed by atoms with van der Waals surface area (Å²) in [6, 6.07) is 9.45. The van der Waals surface area contributed by atoms with Crippen LogP contribution in [0.1, 0.15) is 68.9 Å². The highest BCUT2D eigenvalue weighted by Gasteiger charge is 2.41. The van der Waals surface area contributed by atoms with Gasteiger partial charge in [-0.25, -0.2) is 4.79 Å². The fourth-order valence-corrected chi connectivity index (χ4v) is 4.14. The van der Waals surface area contributed by atoms with E-state index in [0.29, 0.717) is 30.7 Å². The Hall–Kier alpha value is -2.04. The van der Waals surface area contributed by atoms with Crippen LogP contribution in [0.4, 0.5) is 4.79 Å². The highest BCUT2D eigenvalue weighted by Crippen LogP contribution is 2.41. The molecule has 0 spiro atoms. The van der Waals surface area contributed by atoms with E-state index in [9.17, 15) is 9.59 Å². The zero-order chi connectivity index (χ0) is 19.6. The number of nitrogens with one attached hydrogen (secondary N) is 1. The summed E-state index contributed by atoms with van der Waals surface area (Å²) in [4.78, 5) is 25.8. The summed E-state index contributed by atoms with van der Waals surface area (Å²) >= 11 is 0. The molecule has 2 aliphatic rings. The molecular weight excluding hydrogens is 340 g/mol. The molecule has 0 aliphatic heterocycles. The molecule has 1 unspecified atom stereocenters. The van der Waals surface area contributed by atoms with E-state index in [1.165, 1.54) is 18.2 Å². The lowest BCUT2D eigenvalue weighted by molar-refractivity contribution is -0.141. The van der Waals surface area contributed by atoms with Gasteiger partial charge in [0, 0.05) is 25.0 Å². The Labute approximate surface area is 162 Å². The van der Waals surface area contributed by atoms with Gasteiger partial charge in [-0.3, -0.25) is 4.79 Å². The lowest BCUT2D eigenvalue weighted by Crippen LogP contribution is -2.53. The van der Waals surface area contributed by atoms with E-state index in [2.05, 4.69) is 48.2 Å². The highest BCUT2D eigenvalue weighted by molar-refractivity contribution is 5.80. The van der Waals surface area contributed by atoms with E-state index >= 15 is 0 Å². The molecule has 0 saturated heterocycles. The third-order valence-corrected chi connectivity index (χ3v) is 6.59. The zero-order valence-corrected chi connectivity index (χ0v) is 16.9. The topological polar surface area (TPSA) is 58.6 Å². The van der Waals surface area contributed by atoms with Crippen LogP contribution in [0.25, 0.3) is 0 Å². The van der Waals surface area contributed by atoms with Crippen molar-refractivity contribution in [1.29, 1.82) is 0 Å². The Kier molecular flexibility index (Phi) is 6.08. The normalized spacial score (nSPS) is 27.7. The minimum Gasteiger partial charge on any atom is -0.453 e. The molecule has 27 heavy (non-hydrogen) atoms. The van der Waals surface area contributed by atoms with Gasteiger partial charge in [0.05, 0.1) is 7.11 Å². The number of ether oxygens (including phenoxy) is 1. The largest absolute Gasteiger partial charge is 0.453 e. The Balaban J connectivity index is 1.44. The third kappa shape index (κ3) is 4.28. The first kappa shape index (κ1) is 19.7. The monoisotopic (exact) mass is 372 g/mol. The molecule has 1 aromatic carbocycles. The fourth-order valence-electron chi connectivity index (χ4n) is 4.14. The minimum absolute atomic E-state index is 0.0334. The molecule has 2 amide bonds. The number of rotatable bonds is 6. The predicted octanol–water partition coefficient (Wildman–Crippen LogP) is 4.04. The molecule has 5 heteroatoms. The van der Waals surface area contributed by atoms with Crippen LogP contribution >= 0.6 is 0 Å². The van der Waals surface area contributed by atoms with Gasteiger partial charge in [0.1, 0.15) is 0 Å². The molecule has 5 nitrogen and oxygen atoms in total. The second-order valence-corrected chi connectivity index (χ2v) is 8.25. The van der Waals surface area contributed by atoms with E-state index in [-0.39, 0.29) is 17.9 Å². The van der Waals surface area contributed by atoms with Gasteiger partial charge >= 0.3 is 6.09 Å². The van der Waals surface area contributed by atoms with Crippen molar-refractivity contribution in [2.45, 2.75) is 69.9 Å². The van der Waals surface area contributed by atoms with E-state index in [1.54, 1.807) is 0 Å². The van der Waals surface area contributed by atoms with Crippen LogP contribution in [0.3, 0.4) is 0 Å². The number of methoxy groups -OCH3 is 1. The van der Waals surface area contributed by atoms with E-state index in [0.717, 1.165) is 19.3 Å². The maximum absolute atomic E-state index is 12.6. The van der Waals surface area contributed by atoms with Gasteiger partial charge in [-0.1, -0.05) is 38.1 Å². The average molecular weight is 373 g/mol. The molecule has 3 rings (SSSR count). The maximum Gasteiger partial charge on any atom is 0.407 e. The third-order valence-electron chi connectivity index (χ3n) is 6.59. The van der Waals surface area contributed by atoms with Crippen LogP contribution in [0.2, 0.25) is 0 Å². The number of nitrogens with zero attached hydrogens (tertiary/aromatic N) is 1. The summed E-state index contributed by atoms with van der Waals surface area (Å²) in [5.41, 5.74) is 2.80. The Morgan fingerprint density at radius 3 is 2.37 bits per heavy atom. The Bertz CT molecular complexity index is 661. The Morgan fingerprint density at radius 1 is 1.19 bits per heavy atom. The number of hydrogen-bond acceptors (Lipinski definition) is 3. The number of carbonyl (C=O) groups is 2. The van der Waals surface area contributed by atoms with Crippen LogP contribution in [0, 0.1) is 5.92 Å². The summed E-state index contributed by atoms with van der Waals surface area (Å²) in [6.45, 7) is 4.48. The van der Waals surface area contributed by atoms with Crippen LogP contribution in [-0.4, -0.2) is 43.1 Å². The SMILES string of the molecule is CCC(C)c1ccc(C2CC(N(C)C(=O)C3CC(NC(=O)OC)C3)C2)cc1. The van der Waals surface area contributed by atoms with Crippen molar-refractivity contribution in [3.63, 3.8) is 0 Å². The first-order valence-corrected chi connectivity index (χ1v) is 10.1. The van der Waals surface area contributed by atoms with Crippen LogP contribution in [-0.2, 0) is 9.53 Å². The van der Waals surface area contributed by atoms with E-state index in [4.69, 9.17) is 0 Å². The summed E-state index contributed by atoms with van der Waals surface area (Å²) in [7, 11) is 3.28. The van der Waals surface area contributed by atoms with Gasteiger partial charge in [-0.2, -0.15) is 0 Å². The first-order chi connectivity index (χ1) is 12.9. The van der Waals surface area contributed by atoms with Crippen LogP contribution < -0.4 is 5.32 Å². The Morgan fingerprint density at radius 2 is 1.81 bits per heavy atom. The quantitative estimate of drug-likeness (QED) is 0.820. The predicted molar refractivity (Wildman–Crippen MR) is 106 cm³/mol. The second-order valence-electron chi connectivity index (χ2n) is 8.25. The lowest BCUT2D eigenvalue weighted by Gasteiger charge is -2.45. The summed E-state index contributed by atoms with van der Waals surface area (Å²) < 4.78 is 4.60. The number of amides is 2. The van der Waals surface area contributed by atoms with Crippen molar-refractivity contribution in [2.24, 2.45) is 5.92 Å². The van der Waals surface area contributed by atoms with Gasteiger partial charge in [-0.05, 0) is 55.1 Å². The molecular formula is C22H32N2O3. The van der Waals surface area contributed by atoms with Gasteiger partial charge in [0.25, 0.3) is 0 Å². The number of benzene rings is 1. The van der Waals surface area contributed by atoms with Gasteiger partial charge in [-0.15, -0.1) is 0 Å². The van der Waals surface area contributed by atoms with Gasteiger partial charge in [0.15, 0.2) is 0 Å². The van der Waals surface area contributed by atoms with Crippen LogP contribution in [0.5, 0.6) is 0 Å². The minimum atomic E-state index is -0.416. The van der Waals surface area contributed by atoms with E-state index < -0.39 is 6.09 Å². The smallest absolute Gasteiger partial charge is 0.407 e. The van der Waals surface area contributed by atoms with Crippen molar-refractivity contribution in [3.05, 3.63) is 35.4 Å². The van der Waals surface area contributed by atoms with Gasteiger partial charge < -0.3 is 15.0 Å². The molecule has 0 bridgehead atoms. The van der Waals surface area contributed by atoms with E-state index in [1.807, 2.05) is 11.9 Å². The molecule has 148 valence electrons. The molecule has 2 fully saturated rings. The summed E-state index contributed by atoms with van der Waals surface area (Å²) in [6.07, 6.45) is 4.26. The highest BCUT2D eigenvalue weighted by atomic mass is 16.5. The van der Waals surface area contributed by atoms with Crippen LogP contribution in [0.15, 0.2) is 24.3 Å². The number of alkyl carbamates (subject to hydrolysis) is 1. The van der Waals surface area contributed by atoms with Crippen molar-refractivity contribution in [1.82, 2.24) is 10.2 Å². The molecule has 2 aliphatic carbocycles. The molecule has 0 aromatic heterocycles. The fraction of sp³-hybridized carbons (Fsp3) is 0.636. The molecule has 0 heterocycles.